The molecule has 0 saturated heterocycles. The first-order valence-electron chi connectivity index (χ1n) is 4.70. The highest BCUT2D eigenvalue weighted by Gasteiger charge is 2.29. The van der Waals surface area contributed by atoms with Gasteiger partial charge in [-0.2, -0.15) is 0 Å². The number of nitro benzene ring substituents is 2. The van der Waals surface area contributed by atoms with E-state index in [1.807, 2.05) is 0 Å². The normalized spacial score (nSPS) is 10.4. The number of rotatable bonds is 2. The van der Waals surface area contributed by atoms with Crippen molar-refractivity contribution >= 4 is 22.1 Å². The molecular weight excluding hydrogens is 244 g/mol. The summed E-state index contributed by atoms with van der Waals surface area (Å²) in [5, 5.41) is 40.4. The average molecular weight is 250 g/mol. The molecule has 0 saturated carbocycles. The van der Waals surface area contributed by atoms with E-state index >= 15 is 0 Å². The lowest BCUT2D eigenvalue weighted by atomic mass is 10.1. The van der Waals surface area contributed by atoms with Crippen LogP contribution in [0.25, 0.3) is 10.8 Å². The first kappa shape index (κ1) is 11.6. The number of nitro groups is 2. The van der Waals surface area contributed by atoms with Crippen molar-refractivity contribution in [2.24, 2.45) is 0 Å². The van der Waals surface area contributed by atoms with E-state index in [2.05, 4.69) is 0 Å². The van der Waals surface area contributed by atoms with Crippen LogP contribution in [0.2, 0.25) is 0 Å². The summed E-state index contributed by atoms with van der Waals surface area (Å²) in [5.74, 6) is -1.39. The zero-order valence-corrected chi connectivity index (χ0v) is 8.73. The fourth-order valence-electron chi connectivity index (χ4n) is 1.73. The van der Waals surface area contributed by atoms with Gasteiger partial charge in [0, 0.05) is 0 Å². The van der Waals surface area contributed by atoms with Crippen molar-refractivity contribution in [2.45, 2.75) is 0 Å². The summed E-state index contributed by atoms with van der Waals surface area (Å²) in [4.78, 5) is 19.9. The van der Waals surface area contributed by atoms with Crippen LogP contribution in [0.3, 0.4) is 0 Å². The van der Waals surface area contributed by atoms with E-state index in [9.17, 15) is 30.4 Å². The summed E-state index contributed by atoms with van der Waals surface area (Å²) < 4.78 is 0. The lowest BCUT2D eigenvalue weighted by Crippen LogP contribution is -1.96. The van der Waals surface area contributed by atoms with Crippen molar-refractivity contribution in [3.63, 3.8) is 0 Å². The summed E-state index contributed by atoms with van der Waals surface area (Å²) in [7, 11) is 0. The van der Waals surface area contributed by atoms with E-state index in [4.69, 9.17) is 0 Å². The molecule has 0 spiro atoms. The van der Waals surface area contributed by atoms with Crippen LogP contribution in [0.15, 0.2) is 24.3 Å². The third kappa shape index (κ3) is 1.56. The zero-order chi connectivity index (χ0) is 13.4. The Morgan fingerprint density at radius 3 is 1.56 bits per heavy atom. The number of nitrogens with zero attached hydrogens (tertiary/aromatic N) is 2. The summed E-state index contributed by atoms with van der Waals surface area (Å²) >= 11 is 0. The molecule has 2 rings (SSSR count). The Balaban J connectivity index is 3.06. The summed E-state index contributed by atoms with van der Waals surface area (Å²) in [6, 6.07) is 4.73. The van der Waals surface area contributed by atoms with Gasteiger partial charge in [-0.15, -0.1) is 0 Å². The minimum absolute atomic E-state index is 0.184. The fraction of sp³-hybridized carbons (Fsp3) is 0. The van der Waals surface area contributed by atoms with E-state index in [-0.39, 0.29) is 5.39 Å². The third-order valence-corrected chi connectivity index (χ3v) is 2.45. The molecule has 0 atom stereocenters. The number of benzene rings is 2. The molecule has 0 aromatic heterocycles. The van der Waals surface area contributed by atoms with Crippen LogP contribution in [0.1, 0.15) is 0 Å². The van der Waals surface area contributed by atoms with Crippen molar-refractivity contribution in [3.05, 3.63) is 44.5 Å². The molecule has 2 aromatic rings. The molecular formula is C10H6N2O6. The number of phenolic OH excluding ortho intramolecular Hbond substituents is 2. The lowest BCUT2D eigenvalue weighted by molar-refractivity contribution is -0.391. The highest BCUT2D eigenvalue weighted by Crippen LogP contribution is 2.43. The van der Waals surface area contributed by atoms with Gasteiger partial charge in [-0.25, -0.2) is 0 Å². The maximum atomic E-state index is 10.9. The molecule has 2 N–H and O–H groups in total. The third-order valence-electron chi connectivity index (χ3n) is 2.45. The molecule has 0 amide bonds. The summed E-state index contributed by atoms with van der Waals surface area (Å²) in [6.45, 7) is 0. The van der Waals surface area contributed by atoms with Gasteiger partial charge in [-0.05, 0) is 29.7 Å². The second-order valence-corrected chi connectivity index (χ2v) is 3.48. The Kier molecular flexibility index (Phi) is 2.47. The SMILES string of the molecule is O=[N+]([O-])c1c(O)ccc2ccc(O)c([N+](=O)[O-])c12. The van der Waals surface area contributed by atoms with Gasteiger partial charge in [0.2, 0.25) is 0 Å². The summed E-state index contributed by atoms with van der Waals surface area (Å²) in [6.07, 6.45) is 0. The smallest absolute Gasteiger partial charge is 0.325 e. The molecule has 0 fully saturated rings. The lowest BCUT2D eigenvalue weighted by Gasteiger charge is -2.04. The van der Waals surface area contributed by atoms with Crippen LogP contribution in [-0.4, -0.2) is 20.1 Å². The highest BCUT2D eigenvalue weighted by atomic mass is 16.6. The number of hydrogen-bond donors (Lipinski definition) is 2. The second kappa shape index (κ2) is 3.84. The van der Waals surface area contributed by atoms with Crippen molar-refractivity contribution in [3.8, 4) is 11.5 Å². The van der Waals surface area contributed by atoms with Gasteiger partial charge in [0.1, 0.15) is 5.39 Å². The Labute approximate surface area is 99.0 Å². The zero-order valence-electron chi connectivity index (χ0n) is 8.73. The molecule has 0 bridgehead atoms. The maximum Gasteiger partial charge on any atom is 0.325 e. The maximum absolute atomic E-state index is 10.9. The topological polar surface area (TPSA) is 127 Å². The van der Waals surface area contributed by atoms with Crippen LogP contribution in [0.5, 0.6) is 11.5 Å². The van der Waals surface area contributed by atoms with Crippen LogP contribution < -0.4 is 0 Å². The van der Waals surface area contributed by atoms with E-state index in [0.717, 1.165) is 12.1 Å². The largest absolute Gasteiger partial charge is 0.502 e. The average Bonchev–Trinajstić information content (AvgIpc) is 2.27. The quantitative estimate of drug-likeness (QED) is 0.620. The Morgan fingerprint density at radius 1 is 0.833 bits per heavy atom. The molecule has 0 radical (unpaired) electrons. The van der Waals surface area contributed by atoms with Gasteiger partial charge in [-0.1, -0.05) is 0 Å². The molecule has 8 heteroatoms. The van der Waals surface area contributed by atoms with Crippen LogP contribution in [0.4, 0.5) is 11.4 Å². The van der Waals surface area contributed by atoms with E-state index in [1.54, 1.807) is 0 Å². The molecule has 0 unspecified atom stereocenters. The van der Waals surface area contributed by atoms with E-state index in [0.29, 0.717) is 0 Å². The van der Waals surface area contributed by atoms with E-state index < -0.39 is 38.1 Å². The van der Waals surface area contributed by atoms with Crippen molar-refractivity contribution < 1.29 is 20.1 Å². The van der Waals surface area contributed by atoms with Gasteiger partial charge in [0.25, 0.3) is 0 Å². The molecule has 18 heavy (non-hydrogen) atoms. The standard InChI is InChI=1S/C10H6N2O6/c13-6-3-1-5-2-4-7(14)10(12(17)18)8(5)9(6)11(15)16/h1-4,13-14H. The molecule has 0 heterocycles. The minimum atomic E-state index is -0.926. The van der Waals surface area contributed by atoms with Gasteiger partial charge in [0.05, 0.1) is 9.85 Å². The highest BCUT2D eigenvalue weighted by molar-refractivity contribution is 6.02. The number of hydrogen-bond acceptors (Lipinski definition) is 6. The van der Waals surface area contributed by atoms with Crippen molar-refractivity contribution in [2.75, 3.05) is 0 Å². The predicted octanol–water partition coefficient (Wildman–Crippen LogP) is 2.07. The van der Waals surface area contributed by atoms with Gasteiger partial charge < -0.3 is 10.2 Å². The molecule has 8 nitrogen and oxygen atoms in total. The summed E-state index contributed by atoms with van der Waals surface area (Å²) in [5.41, 5.74) is -1.59. The number of aromatic hydroxyl groups is 2. The van der Waals surface area contributed by atoms with Gasteiger partial charge in [-0.3, -0.25) is 20.2 Å². The fourth-order valence-corrected chi connectivity index (χ4v) is 1.73. The molecule has 92 valence electrons. The molecule has 0 aliphatic heterocycles. The molecule has 0 aliphatic rings. The first-order valence-corrected chi connectivity index (χ1v) is 4.70. The van der Waals surface area contributed by atoms with Gasteiger partial charge in [0.15, 0.2) is 11.5 Å². The minimum Gasteiger partial charge on any atom is -0.502 e. The van der Waals surface area contributed by atoms with E-state index in [1.165, 1.54) is 12.1 Å². The molecule has 2 aromatic carbocycles. The van der Waals surface area contributed by atoms with Crippen molar-refractivity contribution in [1.82, 2.24) is 0 Å². The predicted molar refractivity (Wildman–Crippen MR) is 60.6 cm³/mol. The van der Waals surface area contributed by atoms with Crippen molar-refractivity contribution in [1.29, 1.82) is 0 Å². The number of fused-ring (bicyclic) bond motifs is 1. The van der Waals surface area contributed by atoms with Crippen LogP contribution >= 0.6 is 0 Å². The Bertz CT molecular complexity index is 627. The molecule has 0 aliphatic carbocycles. The first-order chi connectivity index (χ1) is 8.43. The van der Waals surface area contributed by atoms with Crippen LogP contribution in [0, 0.1) is 20.2 Å². The Morgan fingerprint density at radius 2 is 1.22 bits per heavy atom. The monoisotopic (exact) mass is 250 g/mol. The number of phenols is 2. The van der Waals surface area contributed by atoms with Gasteiger partial charge >= 0.3 is 11.4 Å². The Hall–Kier alpha value is -2.90. The van der Waals surface area contributed by atoms with Crippen LogP contribution in [-0.2, 0) is 0 Å². The second-order valence-electron chi connectivity index (χ2n) is 3.48.